The van der Waals surface area contributed by atoms with E-state index in [1.54, 1.807) is 11.8 Å². The summed E-state index contributed by atoms with van der Waals surface area (Å²) in [6, 6.07) is 6.25. The van der Waals surface area contributed by atoms with Crippen LogP contribution in [-0.2, 0) is 0 Å². The molecule has 0 aliphatic heterocycles. The Morgan fingerprint density at radius 1 is 1.28 bits per heavy atom. The number of halogens is 1. The van der Waals surface area contributed by atoms with Crippen LogP contribution >= 0.6 is 23.4 Å². The molecule has 1 aromatic rings. The maximum absolute atomic E-state index is 6.43. The van der Waals surface area contributed by atoms with Gasteiger partial charge in [-0.15, -0.1) is 11.8 Å². The van der Waals surface area contributed by atoms with Gasteiger partial charge in [-0.1, -0.05) is 50.3 Å². The maximum Gasteiger partial charge on any atom is 0.0990 e. The largest absolute Gasteiger partial charge is 0.278 e. The van der Waals surface area contributed by atoms with Crippen molar-refractivity contribution >= 4 is 41.7 Å². The summed E-state index contributed by atoms with van der Waals surface area (Å²) >= 11 is 8.22. The summed E-state index contributed by atoms with van der Waals surface area (Å²) in [4.78, 5) is 4.64. The average Bonchev–Trinajstić information content (AvgIpc) is 2.27. The highest BCUT2D eigenvalue weighted by Crippen LogP contribution is 2.23. The van der Waals surface area contributed by atoms with Gasteiger partial charge in [0.25, 0.3) is 0 Å². The summed E-state index contributed by atoms with van der Waals surface area (Å²) in [6.45, 7) is 12.1. The second-order valence-corrected chi connectivity index (χ2v) is 11.8. The van der Waals surface area contributed by atoms with Crippen LogP contribution in [0.15, 0.2) is 23.2 Å². The fraction of sp³-hybridized carbons (Fsp3) is 0.500. The molecule has 0 aliphatic rings. The molecule has 0 bridgehead atoms. The van der Waals surface area contributed by atoms with Gasteiger partial charge in [-0.3, -0.25) is 4.99 Å². The van der Waals surface area contributed by atoms with Gasteiger partial charge in [-0.05, 0) is 23.9 Å². The fourth-order valence-corrected chi connectivity index (χ4v) is 4.79. The molecule has 1 aromatic carbocycles. The molecule has 4 heteroatoms. The van der Waals surface area contributed by atoms with Crippen LogP contribution in [0.2, 0.25) is 24.7 Å². The monoisotopic (exact) mass is 299 g/mol. The van der Waals surface area contributed by atoms with Crippen LogP contribution in [0, 0.1) is 0 Å². The van der Waals surface area contributed by atoms with Crippen molar-refractivity contribution in [1.29, 1.82) is 0 Å². The molecule has 0 fully saturated rings. The summed E-state index contributed by atoms with van der Waals surface area (Å²) in [7, 11) is -1.41. The molecule has 0 saturated heterocycles. The van der Waals surface area contributed by atoms with E-state index in [9.17, 15) is 0 Å². The predicted octanol–water partition coefficient (Wildman–Crippen LogP) is 4.40. The van der Waals surface area contributed by atoms with Crippen LogP contribution in [0.5, 0.6) is 0 Å². The molecule has 18 heavy (non-hydrogen) atoms. The van der Waals surface area contributed by atoms with Gasteiger partial charge in [0.2, 0.25) is 0 Å². The lowest BCUT2D eigenvalue weighted by Gasteiger charge is -2.22. The van der Waals surface area contributed by atoms with E-state index in [4.69, 9.17) is 11.6 Å². The van der Waals surface area contributed by atoms with Gasteiger partial charge >= 0.3 is 0 Å². The van der Waals surface area contributed by atoms with Crippen molar-refractivity contribution in [3.63, 3.8) is 0 Å². The number of thioether (sulfide) groups is 1. The number of benzene rings is 1. The SMILES string of the molecule is CCN=C(SCC)c1c(Cl)cccc1[Si](C)(C)C. The van der Waals surface area contributed by atoms with Crippen molar-refractivity contribution in [3.05, 3.63) is 28.8 Å². The first-order chi connectivity index (χ1) is 8.41. The zero-order valence-electron chi connectivity index (χ0n) is 11.9. The van der Waals surface area contributed by atoms with Gasteiger partial charge in [-0.2, -0.15) is 0 Å². The quantitative estimate of drug-likeness (QED) is 0.456. The summed E-state index contributed by atoms with van der Waals surface area (Å²) in [5.74, 6) is 1.02. The number of hydrogen-bond donors (Lipinski definition) is 0. The Kier molecular flexibility index (Phi) is 5.95. The van der Waals surface area contributed by atoms with E-state index >= 15 is 0 Å². The maximum atomic E-state index is 6.43. The Labute approximate surface area is 121 Å². The molecule has 0 spiro atoms. The Morgan fingerprint density at radius 3 is 2.44 bits per heavy atom. The number of aliphatic imine (C=N–C) groups is 1. The first-order valence-electron chi connectivity index (χ1n) is 6.38. The highest BCUT2D eigenvalue weighted by atomic mass is 35.5. The zero-order valence-corrected chi connectivity index (χ0v) is 14.5. The molecule has 0 aliphatic carbocycles. The summed E-state index contributed by atoms with van der Waals surface area (Å²) in [6.07, 6.45) is 0. The lowest BCUT2D eigenvalue weighted by atomic mass is 10.2. The van der Waals surface area contributed by atoms with E-state index in [0.717, 1.165) is 22.4 Å². The standard InChI is InChI=1S/C14H22ClNSSi/c1-6-16-14(17-7-2)13-11(15)9-8-10-12(13)18(3,4)5/h8-10H,6-7H2,1-5H3. The summed E-state index contributed by atoms with van der Waals surface area (Å²) in [5, 5.41) is 3.34. The molecule has 1 rings (SSSR count). The third-order valence-electron chi connectivity index (χ3n) is 2.62. The summed E-state index contributed by atoms with van der Waals surface area (Å²) < 4.78 is 0. The highest BCUT2D eigenvalue weighted by molar-refractivity contribution is 8.14. The summed E-state index contributed by atoms with van der Waals surface area (Å²) in [5.41, 5.74) is 1.17. The molecule has 0 aromatic heterocycles. The molecule has 0 amide bonds. The molecular formula is C14H22ClNSSi. The van der Waals surface area contributed by atoms with Crippen LogP contribution in [0.1, 0.15) is 19.4 Å². The van der Waals surface area contributed by atoms with Gasteiger partial charge in [-0.25, -0.2) is 0 Å². The molecule has 1 nitrogen and oxygen atoms in total. The number of rotatable bonds is 4. The minimum absolute atomic E-state index is 0.804. The minimum atomic E-state index is -1.41. The van der Waals surface area contributed by atoms with Crippen molar-refractivity contribution < 1.29 is 0 Å². The second kappa shape index (κ2) is 6.78. The van der Waals surface area contributed by atoms with Gasteiger partial charge in [0, 0.05) is 12.1 Å². The second-order valence-electron chi connectivity index (χ2n) is 5.12. The molecule has 0 N–H and O–H groups in total. The van der Waals surface area contributed by atoms with Crippen LogP contribution in [0.3, 0.4) is 0 Å². The van der Waals surface area contributed by atoms with Crippen molar-refractivity contribution in [2.75, 3.05) is 12.3 Å². The zero-order chi connectivity index (χ0) is 13.8. The average molecular weight is 300 g/mol. The molecule has 100 valence electrons. The molecule has 0 unspecified atom stereocenters. The van der Waals surface area contributed by atoms with Crippen LogP contribution in [0.25, 0.3) is 0 Å². The van der Waals surface area contributed by atoms with Crippen LogP contribution in [0.4, 0.5) is 0 Å². The molecule has 0 atom stereocenters. The van der Waals surface area contributed by atoms with Crippen LogP contribution in [-0.4, -0.2) is 25.4 Å². The van der Waals surface area contributed by atoms with Gasteiger partial charge in [0.05, 0.1) is 18.1 Å². The van der Waals surface area contributed by atoms with Crippen molar-refractivity contribution in [2.45, 2.75) is 33.5 Å². The lowest BCUT2D eigenvalue weighted by molar-refractivity contribution is 1.14. The third-order valence-corrected chi connectivity index (χ3v) is 5.86. The van der Waals surface area contributed by atoms with E-state index in [2.05, 4.69) is 50.6 Å². The van der Waals surface area contributed by atoms with E-state index in [1.807, 2.05) is 6.07 Å². The van der Waals surface area contributed by atoms with Gasteiger partial charge < -0.3 is 0 Å². The van der Waals surface area contributed by atoms with Crippen molar-refractivity contribution in [1.82, 2.24) is 0 Å². The Balaban J connectivity index is 3.41. The van der Waals surface area contributed by atoms with E-state index < -0.39 is 8.07 Å². The lowest BCUT2D eigenvalue weighted by Crippen LogP contribution is -2.41. The van der Waals surface area contributed by atoms with E-state index in [0.29, 0.717) is 0 Å². The third kappa shape index (κ3) is 3.87. The van der Waals surface area contributed by atoms with Gasteiger partial charge in [0.15, 0.2) is 0 Å². The molecule has 0 heterocycles. The topological polar surface area (TPSA) is 12.4 Å². The van der Waals surface area contributed by atoms with E-state index in [-0.39, 0.29) is 0 Å². The number of nitrogens with zero attached hydrogens (tertiary/aromatic N) is 1. The molecular weight excluding hydrogens is 278 g/mol. The van der Waals surface area contributed by atoms with Crippen molar-refractivity contribution in [2.24, 2.45) is 4.99 Å². The Hall–Kier alpha value is -0.253. The predicted molar refractivity (Wildman–Crippen MR) is 89.6 cm³/mol. The molecule has 0 saturated carbocycles. The smallest absolute Gasteiger partial charge is 0.0990 e. The highest BCUT2D eigenvalue weighted by Gasteiger charge is 2.24. The Morgan fingerprint density at radius 2 is 1.94 bits per heavy atom. The van der Waals surface area contributed by atoms with Gasteiger partial charge in [0.1, 0.15) is 0 Å². The normalized spacial score (nSPS) is 12.9. The first-order valence-corrected chi connectivity index (χ1v) is 11.2. The Bertz CT molecular complexity index is 438. The van der Waals surface area contributed by atoms with Crippen LogP contribution < -0.4 is 5.19 Å². The van der Waals surface area contributed by atoms with Crippen molar-refractivity contribution in [3.8, 4) is 0 Å². The minimum Gasteiger partial charge on any atom is -0.278 e. The fourth-order valence-electron chi connectivity index (χ4n) is 1.84. The number of hydrogen-bond acceptors (Lipinski definition) is 2. The first kappa shape index (κ1) is 15.8. The molecule has 0 radical (unpaired) electrons. The van der Waals surface area contributed by atoms with E-state index in [1.165, 1.54) is 10.8 Å².